The van der Waals surface area contributed by atoms with Crippen LogP contribution in [0.4, 0.5) is 0 Å². The topological polar surface area (TPSA) is 57.2 Å². The van der Waals surface area contributed by atoms with E-state index in [4.69, 9.17) is 13.0 Å². The van der Waals surface area contributed by atoms with E-state index in [9.17, 15) is 0 Å². The molecular formula is CH3LiO3S. The molecule has 0 fully saturated rings. The van der Waals surface area contributed by atoms with Crippen molar-refractivity contribution in [2.75, 3.05) is 6.26 Å². The van der Waals surface area contributed by atoms with Crippen LogP contribution in [-0.4, -0.2) is 19.2 Å². The number of rotatable bonds is 0. The van der Waals surface area contributed by atoms with Gasteiger partial charge in [-0.15, -0.1) is 0 Å². The van der Waals surface area contributed by atoms with Gasteiger partial charge in [-0.25, -0.2) is 8.42 Å². The van der Waals surface area contributed by atoms with Crippen LogP contribution in [-0.2, 0) is 10.1 Å². The van der Waals surface area contributed by atoms with Crippen LogP contribution < -0.4 is 18.9 Å². The van der Waals surface area contributed by atoms with Crippen molar-refractivity contribution < 1.29 is 31.8 Å². The second kappa shape index (κ2) is 2.64. The maximum Gasteiger partial charge on any atom is 1.00 e. The monoisotopic (exact) mass is 102 g/mol. The van der Waals surface area contributed by atoms with Crippen molar-refractivity contribution in [3.05, 3.63) is 0 Å². The summed E-state index contributed by atoms with van der Waals surface area (Å²) in [6.07, 6.45) is 0.604. The van der Waals surface area contributed by atoms with Gasteiger partial charge in [0.05, 0.1) is 10.1 Å². The van der Waals surface area contributed by atoms with Crippen molar-refractivity contribution in [3.8, 4) is 0 Å². The van der Waals surface area contributed by atoms with E-state index in [1.54, 1.807) is 0 Å². The summed E-state index contributed by atoms with van der Waals surface area (Å²) in [6.45, 7) is 0. The third-order valence-electron chi connectivity index (χ3n) is 0. The van der Waals surface area contributed by atoms with E-state index < -0.39 is 10.1 Å². The molecule has 0 bridgehead atoms. The summed E-state index contributed by atoms with van der Waals surface area (Å²) in [6, 6.07) is 0. The summed E-state index contributed by atoms with van der Waals surface area (Å²) >= 11 is 0. The number of hydrogen-bond acceptors (Lipinski definition) is 3. The van der Waals surface area contributed by atoms with Gasteiger partial charge >= 0.3 is 18.9 Å². The van der Waals surface area contributed by atoms with Gasteiger partial charge in [-0.2, -0.15) is 0 Å². The van der Waals surface area contributed by atoms with Gasteiger partial charge in [0.25, 0.3) is 0 Å². The Morgan fingerprint density at radius 2 is 1.50 bits per heavy atom. The SMILES string of the molecule is CS(=O)(=O)[O-].[Li+]. The average Bonchev–Trinajstić information content (AvgIpc) is 0.722. The molecule has 0 aliphatic rings. The molecule has 0 unspecified atom stereocenters. The van der Waals surface area contributed by atoms with Gasteiger partial charge < -0.3 is 4.55 Å². The Kier molecular flexibility index (Phi) is 4.28. The molecule has 6 heavy (non-hydrogen) atoms. The maximum atomic E-state index is 9.08. The summed E-state index contributed by atoms with van der Waals surface area (Å²) in [7, 11) is -3.92. The second-order valence-corrected chi connectivity index (χ2v) is 2.11. The fourth-order valence-electron chi connectivity index (χ4n) is 0. The summed E-state index contributed by atoms with van der Waals surface area (Å²) in [4.78, 5) is 0. The third kappa shape index (κ3) is 215. The van der Waals surface area contributed by atoms with Crippen LogP contribution in [0.2, 0.25) is 0 Å². The van der Waals surface area contributed by atoms with E-state index in [1.165, 1.54) is 0 Å². The van der Waals surface area contributed by atoms with Crippen LogP contribution in [0, 0.1) is 0 Å². The molecule has 0 aromatic rings. The molecule has 0 radical (unpaired) electrons. The maximum absolute atomic E-state index is 9.08. The van der Waals surface area contributed by atoms with Gasteiger partial charge in [0.1, 0.15) is 0 Å². The van der Waals surface area contributed by atoms with Gasteiger partial charge in [0.2, 0.25) is 0 Å². The molecule has 0 aromatic carbocycles. The zero-order valence-corrected chi connectivity index (χ0v) is 4.45. The smallest absolute Gasteiger partial charge is 0.748 e. The van der Waals surface area contributed by atoms with Gasteiger partial charge in [0, 0.05) is 6.26 Å². The van der Waals surface area contributed by atoms with E-state index in [-0.39, 0.29) is 18.9 Å². The van der Waals surface area contributed by atoms with Crippen molar-refractivity contribution >= 4 is 10.1 Å². The molecule has 0 heterocycles. The zero-order chi connectivity index (χ0) is 4.50. The molecule has 0 atom stereocenters. The Labute approximate surface area is 48.7 Å². The molecule has 32 valence electrons. The predicted molar refractivity (Wildman–Crippen MR) is 15.6 cm³/mol. The summed E-state index contributed by atoms with van der Waals surface area (Å²) in [5.74, 6) is 0. The van der Waals surface area contributed by atoms with Gasteiger partial charge in [-0.3, -0.25) is 0 Å². The Balaban J connectivity index is 0. The molecule has 0 aliphatic carbocycles. The average molecular weight is 102 g/mol. The molecular weight excluding hydrogens is 99.0 g/mol. The van der Waals surface area contributed by atoms with Crippen molar-refractivity contribution in [1.29, 1.82) is 0 Å². The molecule has 0 N–H and O–H groups in total. The minimum absolute atomic E-state index is 0. The summed E-state index contributed by atoms with van der Waals surface area (Å²) in [5.41, 5.74) is 0. The van der Waals surface area contributed by atoms with Crippen molar-refractivity contribution in [2.24, 2.45) is 0 Å². The molecule has 0 saturated heterocycles. The molecule has 0 saturated carbocycles. The minimum Gasteiger partial charge on any atom is -0.748 e. The Morgan fingerprint density at radius 1 is 1.50 bits per heavy atom. The molecule has 0 amide bonds. The Hall–Kier alpha value is 0.507. The first kappa shape index (κ1) is 9.72. The van der Waals surface area contributed by atoms with Crippen molar-refractivity contribution in [3.63, 3.8) is 0 Å². The van der Waals surface area contributed by atoms with E-state index in [2.05, 4.69) is 0 Å². The molecule has 3 nitrogen and oxygen atoms in total. The molecule has 0 aromatic heterocycles. The second-order valence-electron chi connectivity index (χ2n) is 0.704. The molecule has 5 heteroatoms. The summed E-state index contributed by atoms with van der Waals surface area (Å²) < 4.78 is 27.2. The van der Waals surface area contributed by atoms with Crippen LogP contribution in [0.5, 0.6) is 0 Å². The predicted octanol–water partition coefficient (Wildman–Crippen LogP) is -3.83. The normalized spacial score (nSPS) is 9.67. The molecule has 0 aliphatic heterocycles. The summed E-state index contributed by atoms with van der Waals surface area (Å²) in [5, 5.41) is 0. The largest absolute Gasteiger partial charge is 1.00 e. The first-order valence-corrected chi connectivity index (χ1v) is 2.72. The van der Waals surface area contributed by atoms with Crippen molar-refractivity contribution in [1.82, 2.24) is 0 Å². The first-order chi connectivity index (χ1) is 2.00. The minimum atomic E-state index is -3.92. The Morgan fingerprint density at radius 3 is 1.50 bits per heavy atom. The quantitative estimate of drug-likeness (QED) is 0.232. The van der Waals surface area contributed by atoms with Gasteiger partial charge in [-0.05, 0) is 0 Å². The van der Waals surface area contributed by atoms with E-state index in [0.29, 0.717) is 6.26 Å². The Bertz CT molecular complexity index is 94.0. The van der Waals surface area contributed by atoms with Crippen molar-refractivity contribution in [2.45, 2.75) is 0 Å². The van der Waals surface area contributed by atoms with E-state index >= 15 is 0 Å². The van der Waals surface area contributed by atoms with Crippen LogP contribution in [0.3, 0.4) is 0 Å². The van der Waals surface area contributed by atoms with Gasteiger partial charge in [0.15, 0.2) is 0 Å². The van der Waals surface area contributed by atoms with Gasteiger partial charge in [-0.1, -0.05) is 0 Å². The fourth-order valence-corrected chi connectivity index (χ4v) is 0. The third-order valence-corrected chi connectivity index (χ3v) is 0. The number of hydrogen-bond donors (Lipinski definition) is 0. The molecule has 0 spiro atoms. The molecule has 0 rings (SSSR count). The van der Waals surface area contributed by atoms with Crippen LogP contribution in [0.1, 0.15) is 0 Å². The van der Waals surface area contributed by atoms with Crippen LogP contribution >= 0.6 is 0 Å². The van der Waals surface area contributed by atoms with Crippen LogP contribution in [0.25, 0.3) is 0 Å². The van der Waals surface area contributed by atoms with E-state index in [1.807, 2.05) is 0 Å². The fraction of sp³-hybridized carbons (Fsp3) is 1.00. The first-order valence-electron chi connectivity index (χ1n) is 0.908. The zero-order valence-electron chi connectivity index (χ0n) is 3.63. The van der Waals surface area contributed by atoms with E-state index in [0.717, 1.165) is 0 Å². The van der Waals surface area contributed by atoms with Crippen LogP contribution in [0.15, 0.2) is 0 Å². The standard InChI is InChI=1S/CH4O3S.Li/c1-5(2,3)4;/h1H3,(H,2,3,4);/q;+1/p-1.